The van der Waals surface area contributed by atoms with Gasteiger partial charge in [0.05, 0.1) is 5.56 Å². The number of amides is 1. The average molecular weight is 366 g/mol. The average Bonchev–Trinajstić information content (AvgIpc) is 2.60. The quantitative estimate of drug-likeness (QED) is 0.621. The molecule has 0 aliphatic carbocycles. The number of halogens is 1. The number of ether oxygens (including phenoxy) is 1. The lowest BCUT2D eigenvalue weighted by molar-refractivity contribution is 0.102. The largest absolute Gasteiger partial charge is 0.488 e. The van der Waals surface area contributed by atoms with Crippen molar-refractivity contribution in [1.82, 2.24) is 0 Å². The predicted molar refractivity (Wildman–Crippen MR) is 106 cm³/mol. The van der Waals surface area contributed by atoms with Crippen LogP contribution < -0.4 is 10.1 Å². The van der Waals surface area contributed by atoms with E-state index in [2.05, 4.69) is 11.4 Å². The molecular weight excluding hydrogens is 346 g/mol. The maximum atomic E-state index is 12.8. The number of carbonyl (C=O) groups excluding carboxylic acids is 1. The van der Waals surface area contributed by atoms with Crippen LogP contribution in [0.3, 0.4) is 0 Å². The molecule has 0 bridgehead atoms. The second kappa shape index (κ2) is 8.07. The van der Waals surface area contributed by atoms with Crippen molar-refractivity contribution in [2.45, 2.75) is 20.5 Å². The molecule has 0 fully saturated rings. The summed E-state index contributed by atoms with van der Waals surface area (Å²) >= 11 is 6.10. The molecule has 3 aromatic rings. The first-order chi connectivity index (χ1) is 12.5. The van der Waals surface area contributed by atoms with Crippen LogP contribution in [-0.4, -0.2) is 5.91 Å². The first kappa shape index (κ1) is 18.0. The highest BCUT2D eigenvalue weighted by atomic mass is 35.5. The highest BCUT2D eigenvalue weighted by Gasteiger charge is 2.14. The van der Waals surface area contributed by atoms with Crippen LogP contribution in [-0.2, 0) is 6.61 Å². The second-order valence-electron chi connectivity index (χ2n) is 6.25. The summed E-state index contributed by atoms with van der Waals surface area (Å²) in [6.07, 6.45) is 0. The van der Waals surface area contributed by atoms with Crippen LogP contribution >= 0.6 is 11.6 Å². The number of anilines is 1. The van der Waals surface area contributed by atoms with Crippen LogP contribution in [0.5, 0.6) is 5.75 Å². The Bertz CT molecular complexity index is 902. The smallest absolute Gasteiger partial charge is 0.259 e. The maximum absolute atomic E-state index is 12.8. The SMILES string of the molecule is Cc1cc(C)cc(NC(=O)c2cc(Cl)ccc2OCc2ccccc2)c1. The molecule has 1 amide bonds. The van der Waals surface area contributed by atoms with Gasteiger partial charge >= 0.3 is 0 Å². The monoisotopic (exact) mass is 365 g/mol. The standard InChI is InChI=1S/C22H20ClNO2/c1-15-10-16(2)12-19(11-15)24-22(25)20-13-18(23)8-9-21(20)26-14-17-6-4-3-5-7-17/h3-13H,14H2,1-2H3,(H,24,25). The third-order valence-electron chi connectivity index (χ3n) is 3.90. The molecule has 0 aliphatic rings. The van der Waals surface area contributed by atoms with Crippen molar-refractivity contribution in [3.8, 4) is 5.75 Å². The van der Waals surface area contributed by atoms with E-state index in [-0.39, 0.29) is 5.91 Å². The minimum absolute atomic E-state index is 0.249. The number of nitrogens with one attached hydrogen (secondary N) is 1. The Morgan fingerprint density at radius 3 is 2.35 bits per heavy atom. The molecule has 0 radical (unpaired) electrons. The Hall–Kier alpha value is -2.78. The molecule has 3 nitrogen and oxygen atoms in total. The van der Waals surface area contributed by atoms with Crippen molar-refractivity contribution in [3.05, 3.63) is 94.0 Å². The zero-order chi connectivity index (χ0) is 18.5. The molecule has 1 N–H and O–H groups in total. The van der Waals surface area contributed by atoms with Gasteiger partial charge in [-0.15, -0.1) is 0 Å². The predicted octanol–water partition coefficient (Wildman–Crippen LogP) is 5.79. The molecule has 0 atom stereocenters. The lowest BCUT2D eigenvalue weighted by Gasteiger charge is -2.13. The lowest BCUT2D eigenvalue weighted by Crippen LogP contribution is -2.14. The molecule has 0 aromatic heterocycles. The van der Waals surface area contributed by atoms with Crippen LogP contribution in [0.25, 0.3) is 0 Å². The van der Waals surface area contributed by atoms with E-state index in [9.17, 15) is 4.79 Å². The Morgan fingerprint density at radius 2 is 1.65 bits per heavy atom. The van der Waals surface area contributed by atoms with E-state index in [1.807, 2.05) is 56.3 Å². The van der Waals surface area contributed by atoms with E-state index >= 15 is 0 Å². The first-order valence-corrected chi connectivity index (χ1v) is 8.75. The molecule has 26 heavy (non-hydrogen) atoms. The van der Waals surface area contributed by atoms with Crippen molar-refractivity contribution >= 4 is 23.2 Å². The fourth-order valence-electron chi connectivity index (χ4n) is 2.79. The van der Waals surface area contributed by atoms with Crippen LogP contribution in [0, 0.1) is 13.8 Å². The van der Waals surface area contributed by atoms with Gasteiger partial charge in [0, 0.05) is 10.7 Å². The van der Waals surface area contributed by atoms with Crippen molar-refractivity contribution in [3.63, 3.8) is 0 Å². The van der Waals surface area contributed by atoms with Gasteiger partial charge in [-0.05, 0) is 60.9 Å². The number of carbonyl (C=O) groups is 1. The van der Waals surface area contributed by atoms with Gasteiger partial charge in [-0.2, -0.15) is 0 Å². The number of aryl methyl sites for hydroxylation is 2. The van der Waals surface area contributed by atoms with E-state index < -0.39 is 0 Å². The minimum atomic E-state index is -0.249. The number of hydrogen-bond donors (Lipinski definition) is 1. The fraction of sp³-hybridized carbons (Fsp3) is 0.136. The van der Waals surface area contributed by atoms with Gasteiger partial charge in [-0.25, -0.2) is 0 Å². The fourth-order valence-corrected chi connectivity index (χ4v) is 2.96. The third-order valence-corrected chi connectivity index (χ3v) is 4.14. The summed E-state index contributed by atoms with van der Waals surface area (Å²) in [5.74, 6) is 0.251. The molecule has 0 saturated heterocycles. The van der Waals surface area contributed by atoms with Gasteiger partial charge in [-0.1, -0.05) is 48.0 Å². The molecule has 0 spiro atoms. The zero-order valence-electron chi connectivity index (χ0n) is 14.8. The molecule has 4 heteroatoms. The molecule has 3 aromatic carbocycles. The third kappa shape index (κ3) is 4.64. The van der Waals surface area contributed by atoms with E-state index in [4.69, 9.17) is 16.3 Å². The van der Waals surface area contributed by atoms with Crippen LogP contribution in [0.1, 0.15) is 27.0 Å². The molecule has 0 saturated carbocycles. The Morgan fingerprint density at radius 1 is 0.962 bits per heavy atom. The Balaban J connectivity index is 1.81. The maximum Gasteiger partial charge on any atom is 0.259 e. The molecule has 0 heterocycles. The lowest BCUT2D eigenvalue weighted by atomic mass is 10.1. The summed E-state index contributed by atoms with van der Waals surface area (Å²) in [7, 11) is 0. The molecule has 3 rings (SSSR count). The van der Waals surface area contributed by atoms with Gasteiger partial charge < -0.3 is 10.1 Å². The van der Waals surface area contributed by atoms with Crippen molar-refractivity contribution in [1.29, 1.82) is 0 Å². The topological polar surface area (TPSA) is 38.3 Å². The van der Waals surface area contributed by atoms with Crippen molar-refractivity contribution < 1.29 is 9.53 Å². The minimum Gasteiger partial charge on any atom is -0.488 e. The Labute approximate surface area is 158 Å². The van der Waals surface area contributed by atoms with Crippen LogP contribution in [0.2, 0.25) is 5.02 Å². The van der Waals surface area contributed by atoms with Gasteiger partial charge in [-0.3, -0.25) is 4.79 Å². The highest BCUT2D eigenvalue weighted by Crippen LogP contribution is 2.25. The van der Waals surface area contributed by atoms with E-state index in [0.29, 0.717) is 22.9 Å². The van der Waals surface area contributed by atoms with Crippen LogP contribution in [0.4, 0.5) is 5.69 Å². The summed E-state index contributed by atoms with van der Waals surface area (Å²) in [6, 6.07) is 20.8. The summed E-state index contributed by atoms with van der Waals surface area (Å²) in [5.41, 5.74) is 4.37. The summed E-state index contributed by atoms with van der Waals surface area (Å²) in [5, 5.41) is 3.42. The second-order valence-corrected chi connectivity index (χ2v) is 6.68. The normalized spacial score (nSPS) is 10.4. The van der Waals surface area contributed by atoms with E-state index in [1.165, 1.54) is 0 Å². The van der Waals surface area contributed by atoms with Crippen LogP contribution in [0.15, 0.2) is 66.7 Å². The summed E-state index contributed by atoms with van der Waals surface area (Å²) in [4.78, 5) is 12.8. The van der Waals surface area contributed by atoms with E-state index in [0.717, 1.165) is 22.4 Å². The number of rotatable bonds is 5. The highest BCUT2D eigenvalue weighted by molar-refractivity contribution is 6.31. The van der Waals surface area contributed by atoms with Gasteiger partial charge in [0.25, 0.3) is 5.91 Å². The van der Waals surface area contributed by atoms with E-state index in [1.54, 1.807) is 18.2 Å². The number of benzene rings is 3. The van der Waals surface area contributed by atoms with Crippen molar-refractivity contribution in [2.75, 3.05) is 5.32 Å². The Kier molecular flexibility index (Phi) is 5.59. The molecule has 132 valence electrons. The van der Waals surface area contributed by atoms with Gasteiger partial charge in [0.15, 0.2) is 0 Å². The van der Waals surface area contributed by atoms with Crippen molar-refractivity contribution in [2.24, 2.45) is 0 Å². The molecule has 0 unspecified atom stereocenters. The summed E-state index contributed by atoms with van der Waals surface area (Å²) in [6.45, 7) is 4.37. The van der Waals surface area contributed by atoms with Gasteiger partial charge in [0.1, 0.15) is 12.4 Å². The zero-order valence-corrected chi connectivity index (χ0v) is 15.5. The molecule has 0 aliphatic heterocycles. The first-order valence-electron chi connectivity index (χ1n) is 8.37. The number of hydrogen-bond acceptors (Lipinski definition) is 2. The van der Waals surface area contributed by atoms with Gasteiger partial charge in [0.2, 0.25) is 0 Å². The summed E-state index contributed by atoms with van der Waals surface area (Å²) < 4.78 is 5.87. The molecular formula is C22H20ClNO2.